The highest BCUT2D eigenvalue weighted by molar-refractivity contribution is 5.87. The molecule has 0 spiro atoms. The van der Waals surface area contributed by atoms with Crippen molar-refractivity contribution in [3.8, 4) is 5.75 Å². The topological polar surface area (TPSA) is 58.6 Å². The van der Waals surface area contributed by atoms with Crippen LogP contribution in [0.2, 0.25) is 0 Å². The summed E-state index contributed by atoms with van der Waals surface area (Å²) in [5, 5.41) is 12.4. The lowest BCUT2D eigenvalue weighted by Crippen LogP contribution is -2.18. The third kappa shape index (κ3) is 4.07. The van der Waals surface area contributed by atoms with Crippen LogP contribution in [0.25, 0.3) is 0 Å². The Kier molecular flexibility index (Phi) is 4.95. The molecule has 0 radical (unpaired) electrons. The van der Waals surface area contributed by atoms with Crippen molar-refractivity contribution in [2.24, 2.45) is 0 Å². The Bertz CT molecular complexity index is 608. The number of hydrogen-bond donors (Lipinski definition) is 2. The van der Waals surface area contributed by atoms with Gasteiger partial charge < -0.3 is 15.2 Å². The molecule has 2 aromatic carbocycles. The van der Waals surface area contributed by atoms with Crippen molar-refractivity contribution in [2.75, 3.05) is 7.11 Å². The minimum atomic E-state index is -0.903. The molecule has 0 heterocycles. The predicted octanol–water partition coefficient (Wildman–Crippen LogP) is 3.24. The van der Waals surface area contributed by atoms with Crippen molar-refractivity contribution < 1.29 is 14.6 Å². The van der Waals surface area contributed by atoms with Crippen LogP contribution in [0.1, 0.15) is 34.5 Å². The van der Waals surface area contributed by atoms with Crippen LogP contribution in [0.3, 0.4) is 0 Å². The molecule has 4 heteroatoms. The Morgan fingerprint density at radius 3 is 2.57 bits per heavy atom. The number of carboxylic acids is 1. The van der Waals surface area contributed by atoms with Gasteiger partial charge in [0, 0.05) is 12.6 Å². The predicted molar refractivity (Wildman–Crippen MR) is 81.7 cm³/mol. The summed E-state index contributed by atoms with van der Waals surface area (Å²) in [6.07, 6.45) is 0. The molecule has 0 aromatic heterocycles. The second-order valence-electron chi connectivity index (χ2n) is 4.88. The highest BCUT2D eigenvalue weighted by Gasteiger charge is 2.07. The number of aromatic carboxylic acids is 1. The number of ether oxygens (including phenoxy) is 1. The first-order valence-electron chi connectivity index (χ1n) is 6.79. The van der Waals surface area contributed by atoms with Crippen LogP contribution in [0.5, 0.6) is 5.75 Å². The lowest BCUT2D eigenvalue weighted by molar-refractivity contribution is 0.0696. The van der Waals surface area contributed by atoms with Crippen LogP contribution >= 0.6 is 0 Å². The molecule has 0 aliphatic heterocycles. The van der Waals surface area contributed by atoms with Gasteiger partial charge in [0.1, 0.15) is 5.75 Å². The first-order chi connectivity index (χ1) is 10.1. The molecule has 0 aliphatic rings. The quantitative estimate of drug-likeness (QED) is 0.855. The molecule has 110 valence electrons. The smallest absolute Gasteiger partial charge is 0.335 e. The fourth-order valence-corrected chi connectivity index (χ4v) is 2.10. The number of methoxy groups -OCH3 is 1. The van der Waals surface area contributed by atoms with Gasteiger partial charge in [-0.25, -0.2) is 4.79 Å². The monoisotopic (exact) mass is 285 g/mol. The van der Waals surface area contributed by atoms with E-state index in [2.05, 4.69) is 12.2 Å². The average Bonchev–Trinajstić information content (AvgIpc) is 2.53. The molecule has 1 atom stereocenters. The van der Waals surface area contributed by atoms with Crippen LogP contribution in [0.4, 0.5) is 0 Å². The van der Waals surface area contributed by atoms with Gasteiger partial charge in [-0.1, -0.05) is 24.3 Å². The summed E-state index contributed by atoms with van der Waals surface area (Å²) < 4.78 is 5.14. The van der Waals surface area contributed by atoms with E-state index in [1.54, 1.807) is 25.3 Å². The minimum absolute atomic E-state index is 0.171. The maximum atomic E-state index is 10.9. The van der Waals surface area contributed by atoms with Crippen LogP contribution in [0.15, 0.2) is 48.5 Å². The number of carboxylic acid groups (broad SMARTS) is 1. The average molecular weight is 285 g/mol. The summed E-state index contributed by atoms with van der Waals surface area (Å²) >= 11 is 0. The Morgan fingerprint density at radius 2 is 1.95 bits per heavy atom. The molecule has 0 saturated carbocycles. The van der Waals surface area contributed by atoms with Gasteiger partial charge >= 0.3 is 5.97 Å². The van der Waals surface area contributed by atoms with E-state index in [9.17, 15) is 4.79 Å². The molecule has 0 amide bonds. The number of benzene rings is 2. The van der Waals surface area contributed by atoms with Crippen molar-refractivity contribution in [1.29, 1.82) is 0 Å². The highest BCUT2D eigenvalue weighted by Crippen LogP contribution is 2.17. The van der Waals surface area contributed by atoms with Gasteiger partial charge in [-0.2, -0.15) is 0 Å². The van der Waals surface area contributed by atoms with E-state index >= 15 is 0 Å². The molecule has 0 bridgehead atoms. The van der Waals surface area contributed by atoms with Gasteiger partial charge in [-0.05, 0) is 42.3 Å². The first kappa shape index (κ1) is 15.1. The summed E-state index contributed by atoms with van der Waals surface area (Å²) in [5.74, 6) is -0.0693. The second kappa shape index (κ2) is 6.90. The summed E-state index contributed by atoms with van der Waals surface area (Å²) in [4.78, 5) is 10.9. The molecule has 1 unspecified atom stereocenters. The van der Waals surface area contributed by atoms with Gasteiger partial charge in [0.25, 0.3) is 0 Å². The van der Waals surface area contributed by atoms with E-state index in [4.69, 9.17) is 9.84 Å². The van der Waals surface area contributed by atoms with Gasteiger partial charge in [-0.15, -0.1) is 0 Å². The van der Waals surface area contributed by atoms with E-state index < -0.39 is 5.97 Å². The molecular formula is C17H19NO3. The van der Waals surface area contributed by atoms with Crippen molar-refractivity contribution >= 4 is 5.97 Å². The maximum absolute atomic E-state index is 10.9. The van der Waals surface area contributed by atoms with E-state index in [0.29, 0.717) is 12.1 Å². The Balaban J connectivity index is 1.98. The Morgan fingerprint density at radius 1 is 1.24 bits per heavy atom. The zero-order valence-electron chi connectivity index (χ0n) is 12.2. The fourth-order valence-electron chi connectivity index (χ4n) is 2.10. The van der Waals surface area contributed by atoms with Crippen LogP contribution < -0.4 is 10.1 Å². The molecule has 21 heavy (non-hydrogen) atoms. The van der Waals surface area contributed by atoms with Gasteiger partial charge in [-0.3, -0.25) is 0 Å². The summed E-state index contributed by atoms with van der Waals surface area (Å²) in [6.45, 7) is 2.69. The molecule has 0 saturated heterocycles. The molecular weight excluding hydrogens is 266 g/mol. The molecule has 4 nitrogen and oxygen atoms in total. The summed E-state index contributed by atoms with van der Waals surface area (Å²) in [7, 11) is 1.64. The number of nitrogens with one attached hydrogen (secondary N) is 1. The zero-order valence-corrected chi connectivity index (χ0v) is 12.2. The molecule has 2 N–H and O–H groups in total. The lowest BCUT2D eigenvalue weighted by Gasteiger charge is -2.15. The van der Waals surface area contributed by atoms with Crippen molar-refractivity contribution in [1.82, 2.24) is 5.32 Å². The SMILES string of the molecule is COc1ccc(C(C)NCc2cccc(C(=O)O)c2)cc1. The maximum Gasteiger partial charge on any atom is 0.335 e. The molecule has 2 aromatic rings. The first-order valence-corrected chi connectivity index (χ1v) is 6.79. The largest absolute Gasteiger partial charge is 0.497 e. The number of hydrogen-bond acceptors (Lipinski definition) is 3. The molecule has 0 aliphatic carbocycles. The summed E-state index contributed by atoms with van der Waals surface area (Å²) in [6, 6.07) is 15.0. The minimum Gasteiger partial charge on any atom is -0.497 e. The molecule has 0 fully saturated rings. The zero-order chi connectivity index (χ0) is 15.2. The second-order valence-corrected chi connectivity index (χ2v) is 4.88. The van der Waals surface area contributed by atoms with E-state index in [0.717, 1.165) is 16.9 Å². The summed E-state index contributed by atoms with van der Waals surface area (Å²) in [5.41, 5.74) is 2.42. The van der Waals surface area contributed by atoms with Crippen LogP contribution in [-0.4, -0.2) is 18.2 Å². The Labute approximate surface area is 124 Å². The third-order valence-electron chi connectivity index (χ3n) is 3.40. The molecule has 2 rings (SSSR count). The number of carbonyl (C=O) groups is 1. The normalized spacial score (nSPS) is 11.9. The van der Waals surface area contributed by atoms with Crippen LogP contribution in [-0.2, 0) is 6.54 Å². The highest BCUT2D eigenvalue weighted by atomic mass is 16.5. The van der Waals surface area contributed by atoms with Crippen LogP contribution in [0, 0.1) is 0 Å². The Hall–Kier alpha value is -2.33. The van der Waals surface area contributed by atoms with E-state index in [1.165, 1.54) is 0 Å². The van der Waals surface area contributed by atoms with E-state index in [-0.39, 0.29) is 6.04 Å². The lowest BCUT2D eigenvalue weighted by atomic mass is 10.1. The van der Waals surface area contributed by atoms with Crippen molar-refractivity contribution in [3.63, 3.8) is 0 Å². The number of rotatable bonds is 6. The van der Waals surface area contributed by atoms with Gasteiger partial charge in [0.05, 0.1) is 12.7 Å². The fraction of sp³-hybridized carbons (Fsp3) is 0.235. The third-order valence-corrected chi connectivity index (χ3v) is 3.40. The standard InChI is InChI=1S/C17H19NO3/c1-12(14-6-8-16(21-2)9-7-14)18-11-13-4-3-5-15(10-13)17(19)20/h3-10,12,18H,11H2,1-2H3,(H,19,20). The van der Waals surface area contributed by atoms with Crippen molar-refractivity contribution in [3.05, 3.63) is 65.2 Å². The van der Waals surface area contributed by atoms with E-state index in [1.807, 2.05) is 30.3 Å². The van der Waals surface area contributed by atoms with Crippen molar-refractivity contribution in [2.45, 2.75) is 19.5 Å². The van der Waals surface area contributed by atoms with Gasteiger partial charge in [0.2, 0.25) is 0 Å². The van der Waals surface area contributed by atoms with Gasteiger partial charge in [0.15, 0.2) is 0 Å².